The van der Waals surface area contributed by atoms with Gasteiger partial charge in [-0.15, -0.1) is 0 Å². The number of hydrogen-bond donors (Lipinski definition) is 0. The second kappa shape index (κ2) is 12.2. The fourth-order valence-corrected chi connectivity index (χ4v) is 6.51. The SMILES string of the molecule is CCC(CC)C(C#N)(CCCC1Cc2c(cc(OC)c(OC)c2OC)CN1C)C1COc2ccccc2O1. The second-order valence-corrected chi connectivity index (χ2v) is 10.5. The Bertz CT molecular complexity index is 1140. The number of rotatable bonds is 11. The van der Waals surface area contributed by atoms with Crippen LogP contribution in [0.2, 0.25) is 0 Å². The Morgan fingerprint density at radius 1 is 1.08 bits per heavy atom. The van der Waals surface area contributed by atoms with Gasteiger partial charge in [0.1, 0.15) is 12.0 Å². The Morgan fingerprint density at radius 2 is 1.79 bits per heavy atom. The van der Waals surface area contributed by atoms with Crippen LogP contribution in [0.5, 0.6) is 28.7 Å². The van der Waals surface area contributed by atoms with Crippen LogP contribution < -0.4 is 23.7 Å². The molecular weight excluding hydrogens is 480 g/mol. The zero-order chi connectivity index (χ0) is 27.3. The molecule has 2 heterocycles. The maximum absolute atomic E-state index is 10.7. The first-order valence-electron chi connectivity index (χ1n) is 13.8. The summed E-state index contributed by atoms with van der Waals surface area (Å²) in [5, 5.41) is 10.7. The lowest BCUT2D eigenvalue weighted by atomic mass is 9.66. The summed E-state index contributed by atoms with van der Waals surface area (Å²) >= 11 is 0. The molecule has 206 valence electrons. The standard InChI is InChI=1S/C31H42N2O5/c1-7-22(8-2)31(20-32,28-19-37-25-13-9-10-14-26(25)38-28)15-11-12-23-17-24-21(18-33(23)3)16-27(34-4)30(36-6)29(24)35-5/h9-10,13-14,16,22-23,28H,7-8,11-12,15,17-19H2,1-6H3. The third-order valence-corrected chi connectivity index (χ3v) is 8.64. The molecule has 7 nitrogen and oxygen atoms in total. The van der Waals surface area contributed by atoms with Gasteiger partial charge < -0.3 is 23.7 Å². The zero-order valence-electron chi connectivity index (χ0n) is 23.7. The number of hydrogen-bond acceptors (Lipinski definition) is 7. The van der Waals surface area contributed by atoms with E-state index >= 15 is 0 Å². The minimum Gasteiger partial charge on any atom is -0.493 e. The maximum Gasteiger partial charge on any atom is 0.203 e. The van der Waals surface area contributed by atoms with Crippen LogP contribution in [-0.4, -0.2) is 52.0 Å². The van der Waals surface area contributed by atoms with E-state index < -0.39 is 5.41 Å². The topological polar surface area (TPSA) is 73.2 Å². The first kappa shape index (κ1) is 27.9. The van der Waals surface area contributed by atoms with Crippen molar-refractivity contribution in [3.8, 4) is 34.8 Å². The number of likely N-dealkylation sites (N-methyl/N-ethyl adjacent to an activating group) is 1. The number of nitriles is 1. The number of methoxy groups -OCH3 is 3. The van der Waals surface area contributed by atoms with E-state index in [4.69, 9.17) is 23.7 Å². The molecule has 0 aromatic heterocycles. The van der Waals surface area contributed by atoms with E-state index in [0.29, 0.717) is 24.1 Å². The van der Waals surface area contributed by atoms with Gasteiger partial charge in [0.2, 0.25) is 5.75 Å². The van der Waals surface area contributed by atoms with Crippen LogP contribution in [0.1, 0.15) is 57.1 Å². The van der Waals surface area contributed by atoms with Crippen molar-refractivity contribution < 1.29 is 23.7 Å². The van der Waals surface area contributed by atoms with E-state index in [-0.39, 0.29) is 12.0 Å². The number of nitrogens with zero attached hydrogens (tertiary/aromatic N) is 2. The van der Waals surface area contributed by atoms with Crippen molar-refractivity contribution in [3.63, 3.8) is 0 Å². The number of benzene rings is 2. The van der Waals surface area contributed by atoms with E-state index in [1.54, 1.807) is 21.3 Å². The number of para-hydroxylation sites is 2. The summed E-state index contributed by atoms with van der Waals surface area (Å²) in [5.74, 6) is 3.81. The largest absolute Gasteiger partial charge is 0.493 e. The van der Waals surface area contributed by atoms with Crippen LogP contribution in [0, 0.1) is 22.7 Å². The molecule has 2 aliphatic heterocycles. The second-order valence-electron chi connectivity index (χ2n) is 10.5. The van der Waals surface area contributed by atoms with E-state index in [9.17, 15) is 5.26 Å². The van der Waals surface area contributed by atoms with Crippen molar-refractivity contribution in [2.45, 2.75) is 71.1 Å². The summed E-state index contributed by atoms with van der Waals surface area (Å²) < 4.78 is 29.6. The van der Waals surface area contributed by atoms with Crippen molar-refractivity contribution in [2.75, 3.05) is 35.0 Å². The molecule has 0 saturated heterocycles. The zero-order valence-corrected chi connectivity index (χ0v) is 23.7. The first-order valence-corrected chi connectivity index (χ1v) is 13.8. The van der Waals surface area contributed by atoms with Gasteiger partial charge in [-0.05, 0) is 56.0 Å². The maximum atomic E-state index is 10.7. The van der Waals surface area contributed by atoms with E-state index in [0.717, 1.165) is 62.3 Å². The Hall–Kier alpha value is -3.11. The lowest BCUT2D eigenvalue weighted by Crippen LogP contribution is -2.49. The molecule has 0 saturated carbocycles. The number of fused-ring (bicyclic) bond motifs is 2. The normalized spacial score (nSPS) is 20.3. The van der Waals surface area contributed by atoms with Crippen LogP contribution in [0.25, 0.3) is 0 Å². The molecule has 3 unspecified atom stereocenters. The molecule has 0 N–H and O–H groups in total. The highest BCUT2D eigenvalue weighted by Gasteiger charge is 2.48. The van der Waals surface area contributed by atoms with Crippen molar-refractivity contribution in [1.82, 2.24) is 4.90 Å². The monoisotopic (exact) mass is 522 g/mol. The van der Waals surface area contributed by atoms with Gasteiger partial charge in [-0.1, -0.05) is 45.2 Å². The van der Waals surface area contributed by atoms with E-state index in [2.05, 4.69) is 37.9 Å². The van der Waals surface area contributed by atoms with Gasteiger partial charge in [0.25, 0.3) is 0 Å². The minimum atomic E-state index is -0.615. The molecule has 7 heteroatoms. The van der Waals surface area contributed by atoms with Crippen molar-refractivity contribution in [1.29, 1.82) is 5.26 Å². The third kappa shape index (κ3) is 5.11. The van der Waals surface area contributed by atoms with Crippen LogP contribution >= 0.6 is 0 Å². The molecular formula is C31H42N2O5. The smallest absolute Gasteiger partial charge is 0.203 e. The molecule has 2 aromatic carbocycles. The van der Waals surface area contributed by atoms with Gasteiger partial charge in [0.15, 0.2) is 29.1 Å². The van der Waals surface area contributed by atoms with Gasteiger partial charge in [-0.3, -0.25) is 4.90 Å². The lowest BCUT2D eigenvalue weighted by molar-refractivity contribution is -0.0217. The highest BCUT2D eigenvalue weighted by molar-refractivity contribution is 5.60. The van der Waals surface area contributed by atoms with Crippen LogP contribution in [-0.2, 0) is 13.0 Å². The highest BCUT2D eigenvalue weighted by Crippen LogP contribution is 2.47. The van der Waals surface area contributed by atoms with Crippen LogP contribution in [0.3, 0.4) is 0 Å². The quantitative estimate of drug-likeness (QED) is 0.357. The van der Waals surface area contributed by atoms with Crippen LogP contribution in [0.15, 0.2) is 30.3 Å². The van der Waals surface area contributed by atoms with Gasteiger partial charge in [-0.25, -0.2) is 0 Å². The predicted molar refractivity (Wildman–Crippen MR) is 147 cm³/mol. The summed E-state index contributed by atoms with van der Waals surface area (Å²) in [7, 11) is 7.16. The molecule has 0 spiro atoms. The molecule has 3 atom stereocenters. The van der Waals surface area contributed by atoms with Gasteiger partial charge >= 0.3 is 0 Å². The average Bonchev–Trinajstić information content (AvgIpc) is 2.95. The van der Waals surface area contributed by atoms with Crippen molar-refractivity contribution in [2.24, 2.45) is 11.3 Å². The molecule has 0 radical (unpaired) electrons. The Morgan fingerprint density at radius 3 is 2.42 bits per heavy atom. The fourth-order valence-electron chi connectivity index (χ4n) is 6.51. The summed E-state index contributed by atoms with van der Waals surface area (Å²) in [6, 6.07) is 12.9. The van der Waals surface area contributed by atoms with Crippen molar-refractivity contribution >= 4 is 0 Å². The predicted octanol–water partition coefficient (Wildman–Crippen LogP) is 6.03. The molecule has 0 bridgehead atoms. The number of ether oxygens (including phenoxy) is 5. The summed E-state index contributed by atoms with van der Waals surface area (Å²) in [5.41, 5.74) is 1.77. The van der Waals surface area contributed by atoms with Gasteiger partial charge in [0, 0.05) is 18.2 Å². The third-order valence-electron chi connectivity index (χ3n) is 8.64. The summed E-state index contributed by atoms with van der Waals surface area (Å²) in [6.07, 6.45) is 5.09. The van der Waals surface area contributed by atoms with Gasteiger partial charge in [-0.2, -0.15) is 5.26 Å². The average molecular weight is 523 g/mol. The lowest BCUT2D eigenvalue weighted by Gasteiger charge is -2.43. The summed E-state index contributed by atoms with van der Waals surface area (Å²) in [6.45, 7) is 5.56. The molecule has 2 aliphatic rings. The Labute approximate surface area is 227 Å². The minimum absolute atomic E-state index is 0.230. The van der Waals surface area contributed by atoms with E-state index in [1.165, 1.54) is 11.1 Å². The molecule has 0 amide bonds. The Balaban J connectivity index is 1.53. The van der Waals surface area contributed by atoms with Crippen molar-refractivity contribution in [3.05, 3.63) is 41.5 Å². The molecule has 38 heavy (non-hydrogen) atoms. The van der Waals surface area contributed by atoms with Gasteiger partial charge in [0.05, 0.1) is 27.4 Å². The fraction of sp³-hybridized carbons (Fsp3) is 0.581. The highest BCUT2D eigenvalue weighted by atomic mass is 16.6. The summed E-state index contributed by atoms with van der Waals surface area (Å²) in [4.78, 5) is 2.40. The van der Waals surface area contributed by atoms with E-state index in [1.807, 2.05) is 24.3 Å². The molecule has 0 fully saturated rings. The van der Waals surface area contributed by atoms with Crippen LogP contribution in [0.4, 0.5) is 0 Å². The first-order chi connectivity index (χ1) is 18.5. The Kier molecular flexibility index (Phi) is 8.94. The molecule has 0 aliphatic carbocycles. The molecule has 4 rings (SSSR count). The molecule has 2 aromatic rings.